The van der Waals surface area contributed by atoms with Crippen molar-refractivity contribution in [1.29, 1.82) is 0 Å². The number of hydrogen-bond acceptors (Lipinski definition) is 6. The standard InChI is InChI=1S/C32H32F3N5O3S/c1-22-21-38(17-18-39(22)30(42)23-13-15-25(16-14-23)32(33,34)35)28(41)12-7-19-44-31-37-36-29(24-8-6-11-27(20-24)43-2)40(31)26-9-4-3-5-10-26/h3-6,8-11,13-16,20,22H,7,12,17-19,21H2,1-2H3. The molecule has 8 nitrogen and oxygen atoms in total. The predicted octanol–water partition coefficient (Wildman–Crippen LogP) is 6.21. The first-order valence-corrected chi connectivity index (χ1v) is 15.2. The third-order valence-electron chi connectivity index (χ3n) is 7.44. The Morgan fingerprint density at radius 3 is 2.41 bits per heavy atom. The van der Waals surface area contributed by atoms with Crippen LogP contribution in [0, 0.1) is 0 Å². The first-order valence-electron chi connectivity index (χ1n) is 14.2. The van der Waals surface area contributed by atoms with Crippen LogP contribution in [-0.2, 0) is 11.0 Å². The number of para-hydroxylation sites is 1. The van der Waals surface area contributed by atoms with Gasteiger partial charge in [-0.2, -0.15) is 13.2 Å². The van der Waals surface area contributed by atoms with Crippen molar-refractivity contribution in [3.8, 4) is 22.8 Å². The molecule has 0 N–H and O–H groups in total. The summed E-state index contributed by atoms with van der Waals surface area (Å²) >= 11 is 1.52. The number of nitrogens with zero attached hydrogens (tertiary/aromatic N) is 5. The lowest BCUT2D eigenvalue weighted by Crippen LogP contribution is -2.55. The number of thioether (sulfide) groups is 1. The van der Waals surface area contributed by atoms with Crippen molar-refractivity contribution in [3.05, 3.63) is 90.0 Å². The molecule has 0 aliphatic carbocycles. The summed E-state index contributed by atoms with van der Waals surface area (Å²) in [6.45, 7) is 2.89. The molecular weight excluding hydrogens is 591 g/mol. The van der Waals surface area contributed by atoms with Crippen molar-refractivity contribution in [1.82, 2.24) is 24.6 Å². The molecule has 0 saturated carbocycles. The monoisotopic (exact) mass is 623 g/mol. The lowest BCUT2D eigenvalue weighted by molar-refractivity contribution is -0.137. The van der Waals surface area contributed by atoms with Crippen LogP contribution in [0.5, 0.6) is 5.75 Å². The summed E-state index contributed by atoms with van der Waals surface area (Å²) in [5.74, 6) is 1.71. The number of methoxy groups -OCH3 is 1. The highest BCUT2D eigenvalue weighted by Gasteiger charge is 2.32. The molecule has 1 unspecified atom stereocenters. The number of rotatable bonds is 9. The number of aromatic nitrogens is 3. The van der Waals surface area contributed by atoms with E-state index in [0.29, 0.717) is 49.2 Å². The summed E-state index contributed by atoms with van der Waals surface area (Å²) in [7, 11) is 1.62. The van der Waals surface area contributed by atoms with Crippen LogP contribution in [0.2, 0.25) is 0 Å². The summed E-state index contributed by atoms with van der Waals surface area (Å²) in [5.41, 5.74) is 1.19. The van der Waals surface area contributed by atoms with Gasteiger partial charge >= 0.3 is 6.18 Å². The van der Waals surface area contributed by atoms with Crippen LogP contribution in [0.25, 0.3) is 17.1 Å². The molecule has 1 aliphatic heterocycles. The number of amides is 2. The van der Waals surface area contributed by atoms with E-state index >= 15 is 0 Å². The molecule has 12 heteroatoms. The zero-order valence-electron chi connectivity index (χ0n) is 24.3. The van der Waals surface area contributed by atoms with Gasteiger partial charge in [-0.25, -0.2) is 0 Å². The van der Waals surface area contributed by atoms with E-state index < -0.39 is 11.7 Å². The fourth-order valence-corrected chi connectivity index (χ4v) is 6.01. The van der Waals surface area contributed by atoms with Crippen molar-refractivity contribution >= 4 is 23.6 Å². The second kappa shape index (κ2) is 13.5. The Kier molecular flexibility index (Phi) is 9.58. The van der Waals surface area contributed by atoms with E-state index in [0.717, 1.165) is 29.1 Å². The average Bonchev–Trinajstić information content (AvgIpc) is 3.46. The van der Waals surface area contributed by atoms with Crippen molar-refractivity contribution in [2.75, 3.05) is 32.5 Å². The number of carbonyl (C=O) groups is 2. The van der Waals surface area contributed by atoms with Crippen LogP contribution in [0.3, 0.4) is 0 Å². The van der Waals surface area contributed by atoms with Gasteiger partial charge < -0.3 is 14.5 Å². The average molecular weight is 624 g/mol. The normalized spacial score (nSPS) is 15.3. The summed E-state index contributed by atoms with van der Waals surface area (Å²) in [6.07, 6.45) is -3.49. The second-order valence-electron chi connectivity index (χ2n) is 10.4. The third kappa shape index (κ3) is 7.07. The zero-order chi connectivity index (χ0) is 31.3. The van der Waals surface area contributed by atoms with E-state index in [1.54, 1.807) is 16.9 Å². The molecule has 0 bridgehead atoms. The fraction of sp³-hybridized carbons (Fsp3) is 0.312. The lowest BCUT2D eigenvalue weighted by Gasteiger charge is -2.40. The molecule has 1 fully saturated rings. The molecule has 2 heterocycles. The Morgan fingerprint density at radius 1 is 0.977 bits per heavy atom. The Bertz CT molecular complexity index is 1590. The van der Waals surface area contributed by atoms with Crippen LogP contribution >= 0.6 is 11.8 Å². The quantitative estimate of drug-likeness (QED) is 0.163. The molecule has 1 atom stereocenters. The fourth-order valence-electron chi connectivity index (χ4n) is 5.12. The maximum atomic E-state index is 13.0. The molecule has 230 valence electrons. The SMILES string of the molecule is COc1cccc(-c2nnc(SCCCC(=O)N3CCN(C(=O)c4ccc(C(F)(F)F)cc4)C(C)C3)n2-c2ccccc2)c1. The number of halogens is 3. The maximum absolute atomic E-state index is 13.0. The molecule has 1 aromatic heterocycles. The van der Waals surface area contributed by atoms with E-state index in [1.807, 2.05) is 66.1 Å². The van der Waals surface area contributed by atoms with Gasteiger partial charge in [-0.1, -0.05) is 42.1 Å². The van der Waals surface area contributed by atoms with E-state index in [2.05, 4.69) is 10.2 Å². The molecule has 1 aliphatic rings. The minimum atomic E-state index is -4.46. The Balaban J connectivity index is 1.16. The van der Waals surface area contributed by atoms with Gasteiger partial charge in [0.1, 0.15) is 5.75 Å². The predicted molar refractivity (Wildman–Crippen MR) is 162 cm³/mol. The summed E-state index contributed by atoms with van der Waals surface area (Å²) < 4.78 is 46.0. The van der Waals surface area contributed by atoms with E-state index in [-0.39, 0.29) is 23.4 Å². The van der Waals surface area contributed by atoms with Crippen molar-refractivity contribution in [2.24, 2.45) is 0 Å². The third-order valence-corrected chi connectivity index (χ3v) is 8.46. The highest BCUT2D eigenvalue weighted by molar-refractivity contribution is 7.99. The van der Waals surface area contributed by atoms with Crippen LogP contribution < -0.4 is 4.74 Å². The number of carbonyl (C=O) groups excluding carboxylic acids is 2. The number of benzene rings is 3. The first kappa shape index (κ1) is 31.1. The Hall–Kier alpha value is -4.32. The highest BCUT2D eigenvalue weighted by Crippen LogP contribution is 2.31. The van der Waals surface area contributed by atoms with Gasteiger partial charge in [0.2, 0.25) is 5.91 Å². The molecule has 4 aromatic rings. The van der Waals surface area contributed by atoms with E-state index in [9.17, 15) is 22.8 Å². The van der Waals surface area contributed by atoms with Gasteiger partial charge in [0.05, 0.1) is 12.7 Å². The van der Waals surface area contributed by atoms with Gasteiger partial charge in [-0.3, -0.25) is 14.2 Å². The van der Waals surface area contributed by atoms with Crippen LogP contribution in [0.1, 0.15) is 35.7 Å². The topological polar surface area (TPSA) is 80.6 Å². The number of ether oxygens (including phenoxy) is 1. The van der Waals surface area contributed by atoms with Crippen molar-refractivity contribution in [2.45, 2.75) is 37.1 Å². The van der Waals surface area contributed by atoms with Crippen molar-refractivity contribution in [3.63, 3.8) is 0 Å². The second-order valence-corrected chi connectivity index (χ2v) is 11.5. The summed E-state index contributed by atoms with van der Waals surface area (Å²) in [6, 6.07) is 21.4. The first-order chi connectivity index (χ1) is 21.2. The number of piperazine rings is 1. The molecule has 44 heavy (non-hydrogen) atoms. The van der Waals surface area contributed by atoms with E-state index in [4.69, 9.17) is 4.74 Å². The smallest absolute Gasteiger partial charge is 0.416 e. The molecule has 3 aromatic carbocycles. The Labute approximate surface area is 257 Å². The zero-order valence-corrected chi connectivity index (χ0v) is 25.1. The molecule has 5 rings (SSSR count). The van der Waals surface area contributed by atoms with Crippen LogP contribution in [0.15, 0.2) is 84.0 Å². The van der Waals surface area contributed by atoms with Gasteiger partial charge in [0, 0.05) is 54.7 Å². The van der Waals surface area contributed by atoms with Gasteiger partial charge in [-0.05, 0) is 61.9 Å². The van der Waals surface area contributed by atoms with Crippen LogP contribution in [-0.4, -0.2) is 74.9 Å². The minimum Gasteiger partial charge on any atom is -0.497 e. The summed E-state index contributed by atoms with van der Waals surface area (Å²) in [4.78, 5) is 29.4. The van der Waals surface area contributed by atoms with Crippen molar-refractivity contribution < 1.29 is 27.5 Å². The Morgan fingerprint density at radius 2 is 1.73 bits per heavy atom. The maximum Gasteiger partial charge on any atom is 0.416 e. The molecule has 0 spiro atoms. The number of alkyl halides is 3. The van der Waals surface area contributed by atoms with Gasteiger partial charge in [-0.15, -0.1) is 10.2 Å². The molecule has 2 amide bonds. The lowest BCUT2D eigenvalue weighted by atomic mass is 10.1. The minimum absolute atomic E-state index is 0.000625. The summed E-state index contributed by atoms with van der Waals surface area (Å²) in [5, 5.41) is 9.64. The highest BCUT2D eigenvalue weighted by atomic mass is 32.2. The van der Waals surface area contributed by atoms with Crippen LogP contribution in [0.4, 0.5) is 13.2 Å². The largest absolute Gasteiger partial charge is 0.497 e. The van der Waals surface area contributed by atoms with E-state index in [1.165, 1.54) is 23.9 Å². The molecule has 0 radical (unpaired) electrons. The van der Waals surface area contributed by atoms with Gasteiger partial charge in [0.15, 0.2) is 11.0 Å². The molecular formula is C32H32F3N5O3S. The number of hydrogen-bond donors (Lipinski definition) is 0. The van der Waals surface area contributed by atoms with Gasteiger partial charge in [0.25, 0.3) is 5.91 Å². The molecule has 1 saturated heterocycles.